The molecule has 0 fully saturated rings. The Morgan fingerprint density at radius 1 is 0.964 bits per heavy atom. The summed E-state index contributed by atoms with van der Waals surface area (Å²) in [4.78, 5) is 35.6. The van der Waals surface area contributed by atoms with Crippen molar-refractivity contribution in [2.45, 2.75) is 26.4 Å². The zero-order valence-corrected chi connectivity index (χ0v) is 15.9. The average Bonchev–Trinajstić information content (AvgIpc) is 2.60. The maximum absolute atomic E-state index is 12.1. The van der Waals surface area contributed by atoms with E-state index in [0.717, 1.165) is 0 Å². The molecule has 8 nitrogen and oxygen atoms in total. The number of anilines is 2. The van der Waals surface area contributed by atoms with E-state index in [1.165, 1.54) is 12.1 Å². The molecule has 0 radical (unpaired) electrons. The summed E-state index contributed by atoms with van der Waals surface area (Å²) >= 11 is 0. The van der Waals surface area contributed by atoms with Gasteiger partial charge in [-0.1, -0.05) is 6.07 Å². The molecule has 0 bridgehead atoms. The number of hydrogen-bond donors (Lipinski definition) is 4. The Hall–Kier alpha value is -3.55. The van der Waals surface area contributed by atoms with Crippen molar-refractivity contribution in [3.8, 4) is 5.75 Å². The first-order valence-electron chi connectivity index (χ1n) is 8.59. The van der Waals surface area contributed by atoms with E-state index in [4.69, 9.17) is 4.74 Å². The molecule has 2 aromatic carbocycles. The molecule has 0 saturated heterocycles. The van der Waals surface area contributed by atoms with E-state index >= 15 is 0 Å². The summed E-state index contributed by atoms with van der Waals surface area (Å²) in [7, 11) is 0. The second-order valence-corrected chi connectivity index (χ2v) is 6.99. The highest BCUT2D eigenvalue weighted by atomic mass is 16.6. The Labute approximate surface area is 162 Å². The van der Waals surface area contributed by atoms with Crippen LogP contribution < -0.4 is 16.0 Å². The van der Waals surface area contributed by atoms with Crippen LogP contribution >= 0.6 is 0 Å². The Balaban J connectivity index is 1.84. The largest absolute Gasteiger partial charge is 0.508 e. The van der Waals surface area contributed by atoms with Crippen molar-refractivity contribution in [1.82, 2.24) is 5.32 Å². The number of ether oxygens (including phenoxy) is 1. The summed E-state index contributed by atoms with van der Waals surface area (Å²) in [6, 6.07) is 12.5. The molecule has 0 aliphatic carbocycles. The van der Waals surface area contributed by atoms with Crippen LogP contribution in [0.15, 0.2) is 48.5 Å². The number of rotatable bonds is 5. The first-order valence-corrected chi connectivity index (χ1v) is 8.59. The molecule has 0 atom stereocenters. The molecule has 0 aliphatic rings. The van der Waals surface area contributed by atoms with Crippen LogP contribution in [0.3, 0.4) is 0 Å². The topological polar surface area (TPSA) is 117 Å². The van der Waals surface area contributed by atoms with Crippen molar-refractivity contribution >= 4 is 29.3 Å². The standard InChI is InChI=1S/C20H23N3O5/c1-20(2,3)28-19(27)21-12-17(25)22-14-7-9-15(10-8-14)23-18(26)13-5-4-6-16(24)11-13/h4-11,24H,12H2,1-3H3,(H,21,27)(H,22,25)(H,23,26). The minimum Gasteiger partial charge on any atom is -0.508 e. The van der Waals surface area contributed by atoms with Crippen LogP contribution in [0.5, 0.6) is 5.75 Å². The van der Waals surface area contributed by atoms with E-state index in [1.807, 2.05) is 0 Å². The van der Waals surface area contributed by atoms with E-state index in [-0.39, 0.29) is 18.2 Å². The molecule has 0 aliphatic heterocycles. The fourth-order valence-corrected chi connectivity index (χ4v) is 2.16. The highest BCUT2D eigenvalue weighted by Gasteiger charge is 2.16. The molecule has 3 amide bonds. The van der Waals surface area contributed by atoms with Crippen LogP contribution in [-0.4, -0.2) is 35.2 Å². The Morgan fingerprint density at radius 3 is 2.14 bits per heavy atom. The number of amides is 3. The lowest BCUT2D eigenvalue weighted by atomic mass is 10.2. The highest BCUT2D eigenvalue weighted by molar-refractivity contribution is 6.04. The van der Waals surface area contributed by atoms with Crippen LogP contribution in [0.1, 0.15) is 31.1 Å². The van der Waals surface area contributed by atoms with Gasteiger partial charge in [0, 0.05) is 16.9 Å². The molecule has 0 saturated carbocycles. The van der Waals surface area contributed by atoms with E-state index in [9.17, 15) is 19.5 Å². The summed E-state index contributed by atoms with van der Waals surface area (Å²) < 4.78 is 5.05. The van der Waals surface area contributed by atoms with Crippen LogP contribution in [-0.2, 0) is 9.53 Å². The van der Waals surface area contributed by atoms with Crippen molar-refractivity contribution in [2.24, 2.45) is 0 Å². The molecule has 4 N–H and O–H groups in total. The summed E-state index contributed by atoms with van der Waals surface area (Å²) in [5, 5.41) is 17.1. The van der Waals surface area contributed by atoms with E-state index in [2.05, 4.69) is 16.0 Å². The predicted octanol–water partition coefficient (Wildman–Crippen LogP) is 3.11. The average molecular weight is 385 g/mol. The van der Waals surface area contributed by atoms with Crippen LogP contribution in [0.4, 0.5) is 16.2 Å². The fraction of sp³-hybridized carbons (Fsp3) is 0.250. The van der Waals surface area contributed by atoms with Crippen molar-refractivity contribution in [3.05, 3.63) is 54.1 Å². The molecule has 0 spiro atoms. The number of phenols is 1. The number of aromatic hydroxyl groups is 1. The lowest BCUT2D eigenvalue weighted by Gasteiger charge is -2.19. The van der Waals surface area contributed by atoms with Gasteiger partial charge in [-0.3, -0.25) is 9.59 Å². The van der Waals surface area contributed by atoms with Crippen molar-refractivity contribution in [1.29, 1.82) is 0 Å². The maximum Gasteiger partial charge on any atom is 0.408 e. The van der Waals surface area contributed by atoms with Gasteiger partial charge in [0.1, 0.15) is 17.9 Å². The van der Waals surface area contributed by atoms with Crippen molar-refractivity contribution in [2.75, 3.05) is 17.2 Å². The van der Waals surface area contributed by atoms with Gasteiger partial charge in [0.25, 0.3) is 5.91 Å². The second-order valence-electron chi connectivity index (χ2n) is 6.99. The minimum absolute atomic E-state index is 0.00528. The Bertz CT molecular complexity index is 857. The Morgan fingerprint density at radius 2 is 1.57 bits per heavy atom. The van der Waals surface area contributed by atoms with Gasteiger partial charge in [-0.25, -0.2) is 4.79 Å². The molecule has 28 heavy (non-hydrogen) atoms. The molecule has 0 heterocycles. The normalized spacial score (nSPS) is 10.7. The van der Waals surface area contributed by atoms with E-state index < -0.39 is 17.6 Å². The van der Waals surface area contributed by atoms with Gasteiger partial charge in [0.15, 0.2) is 0 Å². The fourth-order valence-electron chi connectivity index (χ4n) is 2.16. The summed E-state index contributed by atoms with van der Waals surface area (Å²) in [5.41, 5.74) is 0.717. The number of nitrogens with one attached hydrogen (secondary N) is 3. The third-order valence-electron chi connectivity index (χ3n) is 3.33. The summed E-state index contributed by atoms with van der Waals surface area (Å²) in [6.07, 6.45) is -0.673. The molecular formula is C20H23N3O5. The number of phenolic OH excluding ortho intramolecular Hbond substituents is 1. The lowest BCUT2D eigenvalue weighted by molar-refractivity contribution is -0.115. The van der Waals surface area contributed by atoms with Crippen LogP contribution in [0, 0.1) is 0 Å². The number of alkyl carbamates (subject to hydrolysis) is 1. The third-order valence-corrected chi connectivity index (χ3v) is 3.33. The maximum atomic E-state index is 12.1. The molecule has 148 valence electrons. The monoisotopic (exact) mass is 385 g/mol. The molecule has 2 rings (SSSR count). The molecule has 2 aromatic rings. The zero-order valence-electron chi connectivity index (χ0n) is 15.9. The summed E-state index contributed by atoms with van der Waals surface area (Å²) in [6.45, 7) is 4.96. The van der Waals surface area contributed by atoms with Crippen molar-refractivity contribution < 1.29 is 24.2 Å². The second kappa shape index (κ2) is 8.90. The van der Waals surface area contributed by atoms with Gasteiger partial charge in [-0.2, -0.15) is 0 Å². The number of carbonyl (C=O) groups is 3. The lowest BCUT2D eigenvalue weighted by Crippen LogP contribution is -2.37. The predicted molar refractivity (Wildman–Crippen MR) is 105 cm³/mol. The number of benzene rings is 2. The third kappa shape index (κ3) is 6.99. The van der Waals surface area contributed by atoms with Gasteiger partial charge in [-0.05, 0) is 63.2 Å². The zero-order chi connectivity index (χ0) is 20.7. The van der Waals surface area contributed by atoms with Gasteiger partial charge in [0.2, 0.25) is 5.91 Å². The van der Waals surface area contributed by atoms with Crippen molar-refractivity contribution in [3.63, 3.8) is 0 Å². The van der Waals surface area contributed by atoms with E-state index in [1.54, 1.807) is 57.2 Å². The summed E-state index contributed by atoms with van der Waals surface area (Å²) in [5.74, 6) is -0.776. The van der Waals surface area contributed by atoms with Gasteiger partial charge in [0.05, 0.1) is 0 Å². The van der Waals surface area contributed by atoms with Gasteiger partial charge in [-0.15, -0.1) is 0 Å². The number of hydrogen-bond acceptors (Lipinski definition) is 5. The minimum atomic E-state index is -0.673. The van der Waals surface area contributed by atoms with Crippen LogP contribution in [0.2, 0.25) is 0 Å². The first kappa shape index (κ1) is 20.8. The quantitative estimate of drug-likeness (QED) is 0.631. The molecule has 0 aromatic heterocycles. The Kier molecular flexibility index (Phi) is 6.59. The van der Waals surface area contributed by atoms with Gasteiger partial charge >= 0.3 is 6.09 Å². The molecule has 0 unspecified atom stereocenters. The molecular weight excluding hydrogens is 362 g/mol. The van der Waals surface area contributed by atoms with E-state index in [0.29, 0.717) is 16.9 Å². The van der Waals surface area contributed by atoms with Gasteiger partial charge < -0.3 is 25.8 Å². The SMILES string of the molecule is CC(C)(C)OC(=O)NCC(=O)Nc1ccc(NC(=O)c2cccc(O)c2)cc1. The van der Waals surface area contributed by atoms with Crippen LogP contribution in [0.25, 0.3) is 0 Å². The highest BCUT2D eigenvalue weighted by Crippen LogP contribution is 2.16. The molecule has 8 heteroatoms. The number of carbonyl (C=O) groups excluding carboxylic acids is 3. The first-order chi connectivity index (χ1) is 13.1. The smallest absolute Gasteiger partial charge is 0.408 e.